The fourth-order valence-corrected chi connectivity index (χ4v) is 6.51. The third-order valence-electron chi connectivity index (χ3n) is 6.24. The Balaban J connectivity index is 1.63. The molecule has 9 nitrogen and oxygen atoms in total. The largest absolute Gasteiger partial charge is 0.497 e. The van der Waals surface area contributed by atoms with E-state index in [2.05, 4.69) is 0 Å². The minimum atomic E-state index is -3.69. The number of sulfonamides is 2. The lowest BCUT2D eigenvalue weighted by atomic mass is 9.96. The molecule has 2 saturated heterocycles. The van der Waals surface area contributed by atoms with Crippen molar-refractivity contribution in [2.75, 3.05) is 46.6 Å². The highest BCUT2D eigenvalue weighted by molar-refractivity contribution is 7.89. The lowest BCUT2D eigenvalue weighted by Gasteiger charge is -2.39. The number of nitrogens with zero attached hydrogens (tertiary/aromatic N) is 3. The van der Waals surface area contributed by atoms with Crippen molar-refractivity contribution in [3.8, 4) is 5.75 Å². The van der Waals surface area contributed by atoms with Crippen molar-refractivity contribution in [1.29, 1.82) is 0 Å². The first-order chi connectivity index (χ1) is 14.5. The molecule has 0 bridgehead atoms. The van der Waals surface area contributed by atoms with Crippen LogP contribution in [0, 0.1) is 5.92 Å². The van der Waals surface area contributed by atoms with E-state index < -0.39 is 20.0 Å². The molecule has 1 aromatic rings. The average Bonchev–Trinajstić information content (AvgIpc) is 2.77. The molecule has 3 rings (SSSR count). The summed E-state index contributed by atoms with van der Waals surface area (Å²) < 4.78 is 57.4. The highest BCUT2D eigenvalue weighted by Crippen LogP contribution is 2.27. The zero-order valence-corrected chi connectivity index (χ0v) is 19.9. The maximum atomic E-state index is 13.1. The molecule has 2 aliphatic rings. The molecule has 0 radical (unpaired) electrons. The predicted molar refractivity (Wildman–Crippen MR) is 117 cm³/mol. The van der Waals surface area contributed by atoms with Gasteiger partial charge in [0.1, 0.15) is 5.75 Å². The number of likely N-dealkylation sites (tertiary alicyclic amines) is 1. The van der Waals surface area contributed by atoms with Gasteiger partial charge in [0.25, 0.3) is 0 Å². The number of methoxy groups -OCH3 is 1. The molecule has 2 heterocycles. The van der Waals surface area contributed by atoms with Crippen molar-refractivity contribution in [2.45, 2.75) is 36.6 Å². The molecule has 0 saturated carbocycles. The van der Waals surface area contributed by atoms with E-state index in [1.165, 1.54) is 34.1 Å². The Labute approximate surface area is 185 Å². The summed E-state index contributed by atoms with van der Waals surface area (Å²) >= 11 is 0. The SMILES string of the molecule is COc1ccc(S(=O)(=O)N2CCCC(C(=O)N3CCC(N(C)S(C)(=O)=O)CC3)C2)cc1. The number of benzene rings is 1. The second kappa shape index (κ2) is 9.43. The van der Waals surface area contributed by atoms with Gasteiger partial charge in [-0.25, -0.2) is 21.1 Å². The minimum absolute atomic E-state index is 0.0462. The Kier molecular flexibility index (Phi) is 7.29. The third kappa shape index (κ3) is 5.39. The van der Waals surface area contributed by atoms with Gasteiger partial charge in [0, 0.05) is 39.3 Å². The van der Waals surface area contributed by atoms with Crippen LogP contribution in [-0.4, -0.2) is 88.9 Å². The molecule has 0 N–H and O–H groups in total. The molecule has 1 unspecified atom stereocenters. The molecule has 174 valence electrons. The normalized spacial score (nSPS) is 21.9. The molecular formula is C20H31N3O6S2. The quantitative estimate of drug-likeness (QED) is 0.610. The highest BCUT2D eigenvalue weighted by Gasteiger charge is 2.37. The number of amides is 1. The zero-order chi connectivity index (χ0) is 22.8. The molecule has 1 amide bonds. The third-order valence-corrected chi connectivity index (χ3v) is 9.47. The lowest BCUT2D eigenvalue weighted by Crippen LogP contribution is -2.51. The number of rotatable bonds is 6. The first kappa shape index (κ1) is 24.0. The van der Waals surface area contributed by atoms with Crippen LogP contribution in [0.15, 0.2) is 29.2 Å². The molecule has 31 heavy (non-hydrogen) atoms. The van der Waals surface area contributed by atoms with Crippen molar-refractivity contribution in [2.24, 2.45) is 5.92 Å². The second-order valence-corrected chi connectivity index (χ2v) is 12.2. The van der Waals surface area contributed by atoms with Crippen molar-refractivity contribution in [1.82, 2.24) is 13.5 Å². The smallest absolute Gasteiger partial charge is 0.243 e. The van der Waals surface area contributed by atoms with Gasteiger partial charge in [-0.15, -0.1) is 0 Å². The summed E-state index contributed by atoms with van der Waals surface area (Å²) in [6.07, 6.45) is 3.62. The molecule has 1 atom stereocenters. The Hall–Kier alpha value is -1.69. The fraction of sp³-hybridized carbons (Fsp3) is 0.650. The standard InChI is InChI=1S/C20H31N3O6S2/c1-21(30(3,25)26)17-10-13-22(14-11-17)20(24)16-5-4-12-23(15-16)31(27,28)19-8-6-18(29-2)7-9-19/h6-9,16-17H,4-5,10-15H2,1-3H3. The van der Waals surface area contributed by atoms with Crippen molar-refractivity contribution < 1.29 is 26.4 Å². The Morgan fingerprint density at radius 3 is 2.19 bits per heavy atom. The average molecular weight is 474 g/mol. The summed E-state index contributed by atoms with van der Waals surface area (Å²) in [5.74, 6) is 0.150. The number of carbonyl (C=O) groups excluding carboxylic acids is 1. The number of ether oxygens (including phenoxy) is 1. The molecule has 1 aromatic carbocycles. The summed E-state index contributed by atoms with van der Waals surface area (Å²) in [5, 5.41) is 0. The highest BCUT2D eigenvalue weighted by atomic mass is 32.2. The zero-order valence-electron chi connectivity index (χ0n) is 18.2. The van der Waals surface area contributed by atoms with Crippen LogP contribution in [0.1, 0.15) is 25.7 Å². The summed E-state index contributed by atoms with van der Waals surface area (Å²) in [5.41, 5.74) is 0. The molecule has 2 aliphatic heterocycles. The minimum Gasteiger partial charge on any atom is -0.497 e. The van der Waals surface area contributed by atoms with Gasteiger partial charge in [-0.05, 0) is 49.9 Å². The summed E-state index contributed by atoms with van der Waals surface area (Å²) in [7, 11) is -3.86. The molecule has 0 aromatic heterocycles. The maximum absolute atomic E-state index is 13.1. The van der Waals surface area contributed by atoms with E-state index >= 15 is 0 Å². The first-order valence-electron chi connectivity index (χ1n) is 10.4. The number of piperidine rings is 2. The van der Waals surface area contributed by atoms with Crippen molar-refractivity contribution >= 4 is 26.0 Å². The number of carbonyl (C=O) groups is 1. The second-order valence-electron chi connectivity index (χ2n) is 8.21. The van der Waals surface area contributed by atoms with Gasteiger partial charge < -0.3 is 9.64 Å². The van der Waals surface area contributed by atoms with Crippen molar-refractivity contribution in [3.63, 3.8) is 0 Å². The van der Waals surface area contributed by atoms with Gasteiger partial charge in [0.05, 0.1) is 24.2 Å². The van der Waals surface area contributed by atoms with E-state index in [0.717, 1.165) is 0 Å². The van der Waals surface area contributed by atoms with E-state index in [4.69, 9.17) is 4.74 Å². The molecular weight excluding hydrogens is 442 g/mol. The predicted octanol–water partition coefficient (Wildman–Crippen LogP) is 0.978. The molecule has 0 aliphatic carbocycles. The van der Waals surface area contributed by atoms with Gasteiger partial charge in [-0.3, -0.25) is 4.79 Å². The lowest BCUT2D eigenvalue weighted by molar-refractivity contribution is -0.138. The van der Waals surface area contributed by atoms with Crippen molar-refractivity contribution in [3.05, 3.63) is 24.3 Å². The molecule has 11 heteroatoms. The number of hydrogen-bond donors (Lipinski definition) is 0. The maximum Gasteiger partial charge on any atom is 0.243 e. The Morgan fingerprint density at radius 1 is 1.03 bits per heavy atom. The van der Waals surface area contributed by atoms with E-state index in [0.29, 0.717) is 51.1 Å². The fourth-order valence-electron chi connectivity index (χ4n) is 4.24. The summed E-state index contributed by atoms with van der Waals surface area (Å²) in [6, 6.07) is 6.14. The van der Waals surface area contributed by atoms with Crippen LogP contribution in [0.5, 0.6) is 5.75 Å². The van der Waals surface area contributed by atoms with Gasteiger partial charge in [-0.2, -0.15) is 4.31 Å². The van der Waals surface area contributed by atoms with E-state index in [1.807, 2.05) is 0 Å². The molecule has 0 spiro atoms. The van der Waals surface area contributed by atoms with E-state index in [9.17, 15) is 21.6 Å². The van der Waals surface area contributed by atoms with Crippen LogP contribution < -0.4 is 4.74 Å². The van der Waals surface area contributed by atoms with Gasteiger partial charge in [-0.1, -0.05) is 0 Å². The number of hydrogen-bond acceptors (Lipinski definition) is 6. The van der Waals surface area contributed by atoms with Gasteiger partial charge in [0.15, 0.2) is 0 Å². The summed E-state index contributed by atoms with van der Waals surface area (Å²) in [6.45, 7) is 1.51. The van der Waals surface area contributed by atoms with Gasteiger partial charge in [0.2, 0.25) is 26.0 Å². The monoisotopic (exact) mass is 473 g/mol. The summed E-state index contributed by atoms with van der Waals surface area (Å²) in [4.78, 5) is 15.0. The van der Waals surface area contributed by atoms with E-state index in [1.54, 1.807) is 24.1 Å². The van der Waals surface area contributed by atoms with Crippen LogP contribution >= 0.6 is 0 Å². The Bertz CT molecular complexity index is 986. The van der Waals surface area contributed by atoms with Crippen LogP contribution in [0.3, 0.4) is 0 Å². The Morgan fingerprint density at radius 2 is 1.65 bits per heavy atom. The van der Waals surface area contributed by atoms with Crippen LogP contribution in [-0.2, 0) is 24.8 Å². The van der Waals surface area contributed by atoms with Crippen LogP contribution in [0.25, 0.3) is 0 Å². The van der Waals surface area contributed by atoms with Gasteiger partial charge >= 0.3 is 0 Å². The van der Waals surface area contributed by atoms with Crippen LogP contribution in [0.4, 0.5) is 0 Å². The van der Waals surface area contributed by atoms with E-state index in [-0.39, 0.29) is 29.3 Å². The first-order valence-corrected chi connectivity index (χ1v) is 13.7. The van der Waals surface area contributed by atoms with Crippen LogP contribution in [0.2, 0.25) is 0 Å². The topological polar surface area (TPSA) is 104 Å². The molecule has 2 fully saturated rings.